The van der Waals surface area contributed by atoms with Crippen molar-refractivity contribution in [3.63, 3.8) is 0 Å². The van der Waals surface area contributed by atoms with E-state index in [1.54, 1.807) is 23.5 Å². The molecule has 1 aliphatic heterocycles. The fraction of sp³-hybridized carbons (Fsp3) is 0.227. The van der Waals surface area contributed by atoms with Crippen LogP contribution in [-0.2, 0) is 4.79 Å². The lowest BCUT2D eigenvalue weighted by molar-refractivity contribution is -0.116. The van der Waals surface area contributed by atoms with Crippen molar-refractivity contribution in [2.24, 2.45) is 0 Å². The standard InChI is InChI=1S/C22H19N3O5S/c1-30-15-5-4-10(8-13(15)26)17-18-12(23-20-19(17)21(28)25-22(29)24-20)7-11(9-14(18)27)16-3-2-6-31-16/h2-6,8,11,17,26H,7,9H2,1H3,(H3,23,24,25,28,29)/t11-,17-/m1/s1. The Morgan fingerprint density at radius 3 is 2.68 bits per heavy atom. The number of methoxy groups -OCH3 is 1. The minimum Gasteiger partial charge on any atom is -0.504 e. The van der Waals surface area contributed by atoms with Crippen LogP contribution in [0.4, 0.5) is 5.82 Å². The molecular formula is C22H19N3O5S. The highest BCUT2D eigenvalue weighted by molar-refractivity contribution is 7.10. The molecule has 0 saturated carbocycles. The number of carbonyl (C=O) groups excluding carboxylic acids is 1. The molecule has 3 aromatic rings. The second kappa shape index (κ2) is 7.28. The molecule has 158 valence electrons. The van der Waals surface area contributed by atoms with E-state index in [0.29, 0.717) is 29.7 Å². The first-order chi connectivity index (χ1) is 15.0. The molecule has 5 rings (SSSR count). The van der Waals surface area contributed by atoms with Crippen molar-refractivity contribution in [3.05, 3.63) is 83.8 Å². The van der Waals surface area contributed by atoms with Crippen molar-refractivity contribution < 1.29 is 14.6 Å². The maximum Gasteiger partial charge on any atom is 0.327 e. The fourth-order valence-corrected chi connectivity index (χ4v) is 5.32. The van der Waals surface area contributed by atoms with Gasteiger partial charge in [0, 0.05) is 34.4 Å². The van der Waals surface area contributed by atoms with Crippen LogP contribution in [0.25, 0.3) is 0 Å². The van der Waals surface area contributed by atoms with E-state index >= 15 is 0 Å². The van der Waals surface area contributed by atoms with E-state index in [0.717, 1.165) is 4.88 Å². The number of benzene rings is 1. The molecule has 0 bridgehead atoms. The molecule has 8 nitrogen and oxygen atoms in total. The van der Waals surface area contributed by atoms with Crippen molar-refractivity contribution in [2.75, 3.05) is 12.4 Å². The number of aromatic nitrogens is 2. The Hall–Kier alpha value is -3.59. The van der Waals surface area contributed by atoms with Gasteiger partial charge in [-0.05, 0) is 35.6 Å². The number of rotatable bonds is 3. The molecule has 4 N–H and O–H groups in total. The van der Waals surface area contributed by atoms with E-state index in [1.807, 2.05) is 17.5 Å². The number of fused-ring (bicyclic) bond motifs is 1. The molecule has 0 fully saturated rings. The quantitative estimate of drug-likeness (QED) is 0.500. The summed E-state index contributed by atoms with van der Waals surface area (Å²) in [5.74, 6) is -0.298. The molecule has 1 aliphatic carbocycles. The number of Topliss-reactive ketones (excluding diaryl/α,β-unsaturated/α-hetero) is 1. The first kappa shape index (κ1) is 19.4. The summed E-state index contributed by atoms with van der Waals surface area (Å²) in [5.41, 5.74) is 0.769. The third-order valence-corrected chi connectivity index (χ3v) is 6.86. The number of nitrogens with one attached hydrogen (secondary N) is 3. The molecule has 3 heterocycles. The summed E-state index contributed by atoms with van der Waals surface area (Å²) in [6.07, 6.45) is 0.907. The highest BCUT2D eigenvalue weighted by Gasteiger charge is 2.40. The van der Waals surface area contributed by atoms with E-state index in [4.69, 9.17) is 4.74 Å². The number of aromatic hydroxyl groups is 1. The molecule has 0 radical (unpaired) electrons. The van der Waals surface area contributed by atoms with Crippen molar-refractivity contribution in [2.45, 2.75) is 24.7 Å². The normalized spacial score (nSPS) is 20.1. The van der Waals surface area contributed by atoms with Gasteiger partial charge in [0.1, 0.15) is 5.82 Å². The van der Waals surface area contributed by atoms with Gasteiger partial charge in [0.15, 0.2) is 17.3 Å². The Labute approximate surface area is 180 Å². The fourth-order valence-electron chi connectivity index (χ4n) is 4.49. The third kappa shape index (κ3) is 3.17. The highest BCUT2D eigenvalue weighted by atomic mass is 32.1. The molecule has 2 atom stereocenters. The number of carbonyl (C=O) groups is 1. The van der Waals surface area contributed by atoms with Crippen LogP contribution in [0, 0.1) is 0 Å². The van der Waals surface area contributed by atoms with Crippen LogP contribution in [0.3, 0.4) is 0 Å². The van der Waals surface area contributed by atoms with E-state index in [-0.39, 0.29) is 34.6 Å². The molecule has 2 aliphatic rings. The van der Waals surface area contributed by atoms with Gasteiger partial charge in [-0.15, -0.1) is 11.3 Å². The van der Waals surface area contributed by atoms with E-state index in [9.17, 15) is 19.5 Å². The number of thiophene rings is 1. The number of phenols is 1. The summed E-state index contributed by atoms with van der Waals surface area (Å²) < 4.78 is 5.12. The van der Waals surface area contributed by atoms with Crippen LogP contribution in [0.5, 0.6) is 11.5 Å². The van der Waals surface area contributed by atoms with Crippen molar-refractivity contribution in [3.8, 4) is 11.5 Å². The average Bonchev–Trinajstić information content (AvgIpc) is 3.27. The summed E-state index contributed by atoms with van der Waals surface area (Å²) in [6, 6.07) is 8.77. The maximum absolute atomic E-state index is 13.3. The summed E-state index contributed by atoms with van der Waals surface area (Å²) in [6.45, 7) is 0. The number of H-pyrrole nitrogens is 2. The number of phenolic OH excluding ortho intramolecular Hbond substituents is 1. The predicted octanol–water partition coefficient (Wildman–Crippen LogP) is 2.80. The average molecular weight is 437 g/mol. The zero-order chi connectivity index (χ0) is 21.7. The molecule has 0 saturated heterocycles. The Bertz CT molecular complexity index is 1340. The number of hydrogen-bond donors (Lipinski definition) is 4. The van der Waals surface area contributed by atoms with Gasteiger partial charge in [-0.1, -0.05) is 12.1 Å². The summed E-state index contributed by atoms with van der Waals surface area (Å²) in [7, 11) is 1.44. The van der Waals surface area contributed by atoms with Gasteiger partial charge >= 0.3 is 5.69 Å². The topological polar surface area (TPSA) is 124 Å². The molecule has 31 heavy (non-hydrogen) atoms. The first-order valence-corrected chi connectivity index (χ1v) is 10.6. The van der Waals surface area contributed by atoms with Crippen LogP contribution in [0.15, 0.2) is 56.6 Å². The van der Waals surface area contributed by atoms with Crippen LogP contribution in [0.1, 0.15) is 40.7 Å². The van der Waals surface area contributed by atoms with Gasteiger partial charge in [0.25, 0.3) is 5.56 Å². The monoisotopic (exact) mass is 437 g/mol. The molecule has 2 aromatic heterocycles. The molecule has 0 amide bonds. The largest absolute Gasteiger partial charge is 0.504 e. The Morgan fingerprint density at radius 1 is 1.13 bits per heavy atom. The van der Waals surface area contributed by atoms with Gasteiger partial charge in [0.05, 0.1) is 12.7 Å². The van der Waals surface area contributed by atoms with Crippen LogP contribution in [-0.4, -0.2) is 28.0 Å². The minimum absolute atomic E-state index is 0.0268. The lowest BCUT2D eigenvalue weighted by Crippen LogP contribution is -2.37. The zero-order valence-electron chi connectivity index (χ0n) is 16.5. The molecule has 0 unspecified atom stereocenters. The van der Waals surface area contributed by atoms with Gasteiger partial charge < -0.3 is 15.2 Å². The Kier molecular flexibility index (Phi) is 4.55. The number of hydrogen-bond acceptors (Lipinski definition) is 7. The summed E-state index contributed by atoms with van der Waals surface area (Å²) in [5, 5.41) is 15.4. The second-order valence-corrected chi connectivity index (χ2v) is 8.60. The summed E-state index contributed by atoms with van der Waals surface area (Å²) in [4.78, 5) is 44.1. The van der Waals surface area contributed by atoms with Gasteiger partial charge in [-0.25, -0.2) is 4.79 Å². The molecule has 9 heteroatoms. The van der Waals surface area contributed by atoms with Crippen LogP contribution < -0.4 is 21.3 Å². The third-order valence-electron chi connectivity index (χ3n) is 5.82. The number of aromatic amines is 2. The van der Waals surface area contributed by atoms with Crippen LogP contribution >= 0.6 is 11.3 Å². The lowest BCUT2D eigenvalue weighted by atomic mass is 9.73. The summed E-state index contributed by atoms with van der Waals surface area (Å²) >= 11 is 1.60. The molecule has 0 spiro atoms. The van der Waals surface area contributed by atoms with E-state index in [2.05, 4.69) is 15.3 Å². The second-order valence-electron chi connectivity index (χ2n) is 7.62. The van der Waals surface area contributed by atoms with E-state index < -0.39 is 17.2 Å². The Morgan fingerprint density at radius 2 is 1.97 bits per heavy atom. The highest BCUT2D eigenvalue weighted by Crippen LogP contribution is 2.47. The smallest absolute Gasteiger partial charge is 0.327 e. The van der Waals surface area contributed by atoms with Crippen molar-refractivity contribution in [1.82, 2.24) is 9.97 Å². The lowest BCUT2D eigenvalue weighted by Gasteiger charge is -2.35. The number of anilines is 1. The van der Waals surface area contributed by atoms with Crippen LogP contribution in [0.2, 0.25) is 0 Å². The molecular weight excluding hydrogens is 418 g/mol. The van der Waals surface area contributed by atoms with Gasteiger partial charge in [0.2, 0.25) is 0 Å². The Balaban J connectivity index is 1.70. The SMILES string of the molecule is COc1ccc([C@@H]2C3=C(C[C@@H](c4cccs4)CC3=O)Nc3[nH]c(=O)[nH]c(=O)c32)cc1O. The van der Waals surface area contributed by atoms with Gasteiger partial charge in [-0.3, -0.25) is 19.6 Å². The van der Waals surface area contributed by atoms with Crippen molar-refractivity contribution >= 4 is 22.9 Å². The minimum atomic E-state index is -0.722. The number of allylic oxidation sites excluding steroid dienone is 2. The van der Waals surface area contributed by atoms with Crippen molar-refractivity contribution in [1.29, 1.82) is 0 Å². The van der Waals surface area contributed by atoms with E-state index in [1.165, 1.54) is 13.2 Å². The zero-order valence-corrected chi connectivity index (χ0v) is 17.3. The first-order valence-electron chi connectivity index (χ1n) is 9.76. The molecule has 1 aromatic carbocycles. The number of ether oxygens (including phenoxy) is 1. The van der Waals surface area contributed by atoms with Gasteiger partial charge in [-0.2, -0.15) is 0 Å². The maximum atomic E-state index is 13.3. The number of ketones is 1. The predicted molar refractivity (Wildman–Crippen MR) is 116 cm³/mol.